The largest absolute Gasteiger partial charge is 0.348 e. The summed E-state index contributed by atoms with van der Waals surface area (Å²) in [6.45, 7) is 8.29. The molecule has 3 heteroatoms. The summed E-state index contributed by atoms with van der Waals surface area (Å²) in [4.78, 5) is 12.6. The molecule has 1 amide bonds. The van der Waals surface area contributed by atoms with Crippen molar-refractivity contribution in [1.29, 1.82) is 0 Å². The Bertz CT molecular complexity index is 904. The lowest BCUT2D eigenvalue weighted by Gasteiger charge is -2.15. The zero-order valence-corrected chi connectivity index (χ0v) is 15.0. The molecular formula is C21H24N2O. The predicted octanol–water partition coefficient (Wildman–Crippen LogP) is 4.59. The number of rotatable bonds is 3. The van der Waals surface area contributed by atoms with Gasteiger partial charge in [0.1, 0.15) is 0 Å². The molecule has 0 bridgehead atoms. The molecule has 0 saturated heterocycles. The Kier molecular flexibility index (Phi) is 4.18. The monoisotopic (exact) mass is 320 g/mol. The van der Waals surface area contributed by atoms with Gasteiger partial charge in [-0.15, -0.1) is 0 Å². The lowest BCUT2D eigenvalue weighted by molar-refractivity contribution is 0.0940. The third kappa shape index (κ3) is 2.82. The van der Waals surface area contributed by atoms with Crippen LogP contribution < -0.4 is 5.32 Å². The average molecular weight is 320 g/mol. The van der Waals surface area contributed by atoms with Gasteiger partial charge in [-0.05, 0) is 57.0 Å². The molecule has 1 aromatic heterocycles. The number of carbonyl (C=O) groups excluding carboxylic acids is 1. The van der Waals surface area contributed by atoms with Gasteiger partial charge < -0.3 is 9.88 Å². The minimum atomic E-state index is -0.0362. The van der Waals surface area contributed by atoms with Gasteiger partial charge in [-0.25, -0.2) is 0 Å². The van der Waals surface area contributed by atoms with Crippen LogP contribution in [0.15, 0.2) is 42.5 Å². The normalized spacial score (nSPS) is 12.4. The fraction of sp³-hybridized carbons (Fsp3) is 0.286. The van der Waals surface area contributed by atoms with E-state index >= 15 is 0 Å². The van der Waals surface area contributed by atoms with Crippen LogP contribution in [0.4, 0.5) is 0 Å². The molecule has 1 atom stereocenters. The molecule has 0 radical (unpaired) electrons. The van der Waals surface area contributed by atoms with Gasteiger partial charge in [-0.3, -0.25) is 4.79 Å². The third-order valence-electron chi connectivity index (χ3n) is 4.99. The number of nitrogens with zero attached hydrogens (tertiary/aromatic N) is 1. The van der Waals surface area contributed by atoms with Crippen molar-refractivity contribution in [3.63, 3.8) is 0 Å². The van der Waals surface area contributed by atoms with E-state index < -0.39 is 0 Å². The molecule has 24 heavy (non-hydrogen) atoms. The highest BCUT2D eigenvalue weighted by Crippen LogP contribution is 2.25. The zero-order chi connectivity index (χ0) is 17.4. The van der Waals surface area contributed by atoms with E-state index in [-0.39, 0.29) is 11.9 Å². The smallest absolute Gasteiger partial charge is 0.251 e. The number of aryl methyl sites for hydroxylation is 3. The molecule has 0 aliphatic rings. The van der Waals surface area contributed by atoms with E-state index in [1.807, 2.05) is 25.1 Å². The number of carbonyl (C=O) groups is 1. The second-order valence-electron chi connectivity index (χ2n) is 6.61. The summed E-state index contributed by atoms with van der Waals surface area (Å²) >= 11 is 0. The van der Waals surface area contributed by atoms with Gasteiger partial charge in [0.2, 0.25) is 0 Å². The molecular weight excluding hydrogens is 296 g/mol. The van der Waals surface area contributed by atoms with Crippen LogP contribution in [0, 0.1) is 20.8 Å². The molecule has 1 heterocycles. The first kappa shape index (κ1) is 16.3. The lowest BCUT2D eigenvalue weighted by atomic mass is 10.1. The van der Waals surface area contributed by atoms with Crippen molar-refractivity contribution < 1.29 is 4.79 Å². The van der Waals surface area contributed by atoms with Gasteiger partial charge >= 0.3 is 0 Å². The summed E-state index contributed by atoms with van der Waals surface area (Å²) in [5.41, 5.74) is 6.66. The van der Waals surface area contributed by atoms with E-state index in [0.29, 0.717) is 5.56 Å². The van der Waals surface area contributed by atoms with E-state index in [1.54, 1.807) is 0 Å². The molecule has 0 saturated carbocycles. The van der Waals surface area contributed by atoms with E-state index in [9.17, 15) is 4.79 Å². The SMILES string of the molecule is Cc1ccc([C@H](C)NC(=O)c2ccc3c(c2)c(C)c(C)n3C)cc1. The quantitative estimate of drug-likeness (QED) is 0.752. The van der Waals surface area contributed by atoms with Crippen molar-refractivity contribution in [3.8, 4) is 0 Å². The summed E-state index contributed by atoms with van der Waals surface area (Å²) in [7, 11) is 2.06. The number of benzene rings is 2. The van der Waals surface area contributed by atoms with E-state index in [0.717, 1.165) is 16.5 Å². The lowest BCUT2D eigenvalue weighted by Crippen LogP contribution is -2.26. The number of nitrogens with one attached hydrogen (secondary N) is 1. The Morgan fingerprint density at radius 1 is 1.04 bits per heavy atom. The molecule has 0 spiro atoms. The van der Waals surface area contributed by atoms with E-state index in [4.69, 9.17) is 0 Å². The topological polar surface area (TPSA) is 34.0 Å². The Morgan fingerprint density at radius 2 is 1.71 bits per heavy atom. The van der Waals surface area contributed by atoms with Crippen LogP contribution in [-0.2, 0) is 7.05 Å². The summed E-state index contributed by atoms with van der Waals surface area (Å²) in [6, 6.07) is 14.2. The first-order chi connectivity index (χ1) is 11.4. The summed E-state index contributed by atoms with van der Waals surface area (Å²) in [6.07, 6.45) is 0. The van der Waals surface area contributed by atoms with Crippen molar-refractivity contribution >= 4 is 16.8 Å². The molecule has 1 N–H and O–H groups in total. The molecule has 124 valence electrons. The first-order valence-corrected chi connectivity index (χ1v) is 8.31. The zero-order valence-electron chi connectivity index (χ0n) is 15.0. The average Bonchev–Trinajstić information content (AvgIpc) is 2.79. The molecule has 3 nitrogen and oxygen atoms in total. The molecule has 2 aromatic carbocycles. The van der Waals surface area contributed by atoms with Crippen LogP contribution in [0.25, 0.3) is 10.9 Å². The Labute approximate surface area is 143 Å². The van der Waals surface area contributed by atoms with Crippen LogP contribution in [-0.4, -0.2) is 10.5 Å². The van der Waals surface area contributed by atoms with Crippen LogP contribution in [0.3, 0.4) is 0 Å². The van der Waals surface area contributed by atoms with Crippen molar-refractivity contribution in [3.05, 3.63) is 70.4 Å². The van der Waals surface area contributed by atoms with Crippen LogP contribution in [0.1, 0.15) is 45.7 Å². The fourth-order valence-corrected chi connectivity index (χ4v) is 3.12. The Hall–Kier alpha value is -2.55. The van der Waals surface area contributed by atoms with E-state index in [2.05, 4.69) is 62.0 Å². The number of hydrogen-bond donors (Lipinski definition) is 1. The fourth-order valence-electron chi connectivity index (χ4n) is 3.12. The van der Waals surface area contributed by atoms with Crippen LogP contribution >= 0.6 is 0 Å². The maximum atomic E-state index is 12.6. The Balaban J connectivity index is 1.86. The number of fused-ring (bicyclic) bond motifs is 1. The number of aromatic nitrogens is 1. The number of amides is 1. The minimum Gasteiger partial charge on any atom is -0.348 e. The molecule has 3 rings (SSSR count). The highest BCUT2D eigenvalue weighted by atomic mass is 16.1. The predicted molar refractivity (Wildman–Crippen MR) is 99.5 cm³/mol. The summed E-state index contributed by atoms with van der Waals surface area (Å²) < 4.78 is 2.17. The summed E-state index contributed by atoms with van der Waals surface area (Å²) in [5, 5.41) is 4.24. The molecule has 0 fully saturated rings. The third-order valence-corrected chi connectivity index (χ3v) is 4.99. The molecule has 3 aromatic rings. The van der Waals surface area contributed by atoms with Gasteiger partial charge in [0.05, 0.1) is 6.04 Å². The summed E-state index contributed by atoms with van der Waals surface area (Å²) in [5.74, 6) is -0.0362. The first-order valence-electron chi connectivity index (χ1n) is 8.31. The number of hydrogen-bond acceptors (Lipinski definition) is 1. The van der Waals surface area contributed by atoms with Gasteiger partial charge in [0.25, 0.3) is 5.91 Å². The molecule has 0 aliphatic heterocycles. The molecule has 0 aliphatic carbocycles. The van der Waals surface area contributed by atoms with Gasteiger partial charge in [0, 0.05) is 29.2 Å². The van der Waals surface area contributed by atoms with Crippen molar-refractivity contribution in [2.75, 3.05) is 0 Å². The van der Waals surface area contributed by atoms with Gasteiger partial charge in [-0.1, -0.05) is 29.8 Å². The van der Waals surface area contributed by atoms with Crippen molar-refractivity contribution in [2.45, 2.75) is 33.7 Å². The van der Waals surface area contributed by atoms with E-state index in [1.165, 1.54) is 16.8 Å². The highest BCUT2D eigenvalue weighted by Gasteiger charge is 2.14. The van der Waals surface area contributed by atoms with Crippen molar-refractivity contribution in [2.24, 2.45) is 7.05 Å². The minimum absolute atomic E-state index is 0.0209. The highest BCUT2D eigenvalue weighted by molar-refractivity contribution is 5.99. The maximum absolute atomic E-state index is 12.6. The second-order valence-corrected chi connectivity index (χ2v) is 6.61. The molecule has 0 unspecified atom stereocenters. The van der Waals surface area contributed by atoms with Crippen LogP contribution in [0.2, 0.25) is 0 Å². The maximum Gasteiger partial charge on any atom is 0.251 e. The second kappa shape index (κ2) is 6.16. The Morgan fingerprint density at radius 3 is 2.38 bits per heavy atom. The van der Waals surface area contributed by atoms with Gasteiger partial charge in [0.15, 0.2) is 0 Å². The van der Waals surface area contributed by atoms with Gasteiger partial charge in [-0.2, -0.15) is 0 Å². The standard InChI is InChI=1S/C21H24N2O/c1-13-6-8-17(9-7-13)15(3)22-21(24)18-10-11-20-19(12-18)14(2)16(4)23(20)5/h6-12,15H,1-5H3,(H,22,24)/t15-/m0/s1. The van der Waals surface area contributed by atoms with Crippen molar-refractivity contribution in [1.82, 2.24) is 9.88 Å². The van der Waals surface area contributed by atoms with Crippen LogP contribution in [0.5, 0.6) is 0 Å².